The number of hydrogen-bond acceptors (Lipinski definition) is 5. The molecule has 1 aromatic heterocycles. The first kappa shape index (κ1) is 16.7. The van der Waals surface area contributed by atoms with E-state index >= 15 is 0 Å². The van der Waals surface area contributed by atoms with Crippen molar-refractivity contribution in [2.24, 2.45) is 10.4 Å². The van der Waals surface area contributed by atoms with Crippen molar-refractivity contribution >= 4 is 21.7 Å². The van der Waals surface area contributed by atoms with Gasteiger partial charge >= 0.3 is 15.5 Å². The van der Waals surface area contributed by atoms with E-state index < -0.39 is 20.9 Å². The molecule has 1 spiro atoms. The Kier molecular flexibility index (Phi) is 3.43. The van der Waals surface area contributed by atoms with Crippen molar-refractivity contribution in [1.82, 2.24) is 14.2 Å². The molecular weight excluding hydrogens is 359 g/mol. The number of aliphatic imine (C=N–C) groups is 1. The number of halogens is 3. The molecule has 3 aliphatic rings. The highest BCUT2D eigenvalue weighted by Gasteiger charge is 2.63. The van der Waals surface area contributed by atoms with Gasteiger partial charge in [-0.25, -0.2) is 13.4 Å². The second-order valence-electron chi connectivity index (χ2n) is 6.82. The minimum Gasteiger partial charge on any atom is -0.354 e. The molecule has 0 radical (unpaired) electrons. The van der Waals surface area contributed by atoms with Gasteiger partial charge in [0.25, 0.3) is 0 Å². The molecule has 0 amide bonds. The molecule has 0 bridgehead atoms. The molecule has 0 aromatic carbocycles. The Morgan fingerprint density at radius 3 is 2.76 bits per heavy atom. The quantitative estimate of drug-likeness (QED) is 0.816. The summed E-state index contributed by atoms with van der Waals surface area (Å²) in [6, 6.07) is 1.51. The topological polar surface area (TPSA) is 80.8 Å². The molecule has 2 fully saturated rings. The maximum absolute atomic E-state index is 12.9. The number of aromatic nitrogens is 1. The summed E-state index contributed by atoms with van der Waals surface area (Å²) in [6.07, 6.45) is 3.20. The maximum Gasteiger partial charge on any atom is 0.511 e. The van der Waals surface area contributed by atoms with E-state index in [4.69, 9.17) is 0 Å². The van der Waals surface area contributed by atoms with Gasteiger partial charge in [-0.3, -0.25) is 0 Å². The minimum absolute atomic E-state index is 0.0879. The van der Waals surface area contributed by atoms with Crippen LogP contribution in [0.4, 0.5) is 19.0 Å². The van der Waals surface area contributed by atoms with Crippen molar-refractivity contribution in [2.45, 2.75) is 24.4 Å². The first-order chi connectivity index (χ1) is 11.7. The van der Waals surface area contributed by atoms with E-state index in [-0.39, 0.29) is 19.1 Å². The first-order valence-corrected chi connectivity index (χ1v) is 9.35. The molecule has 0 unspecified atom stereocenters. The molecule has 3 heterocycles. The number of anilines is 1. The second-order valence-corrected chi connectivity index (χ2v) is 8.74. The summed E-state index contributed by atoms with van der Waals surface area (Å²) in [4.78, 5) is 9.33. The van der Waals surface area contributed by atoms with E-state index in [0.29, 0.717) is 16.8 Å². The number of nitrogens with one attached hydrogen (secondary N) is 2. The van der Waals surface area contributed by atoms with Gasteiger partial charge in [-0.1, -0.05) is 0 Å². The molecule has 2 N–H and O–H groups in total. The minimum atomic E-state index is -5.31. The van der Waals surface area contributed by atoms with Crippen molar-refractivity contribution in [3.63, 3.8) is 0 Å². The molecule has 1 atom stereocenters. The largest absolute Gasteiger partial charge is 0.511 e. The van der Waals surface area contributed by atoms with E-state index in [1.54, 1.807) is 13.2 Å². The molecule has 1 saturated heterocycles. The zero-order valence-electron chi connectivity index (χ0n) is 13.5. The predicted molar refractivity (Wildman–Crippen MR) is 85.6 cm³/mol. The molecule has 25 heavy (non-hydrogen) atoms. The third kappa shape index (κ3) is 2.43. The van der Waals surface area contributed by atoms with Gasteiger partial charge in [-0.2, -0.15) is 17.5 Å². The lowest BCUT2D eigenvalue weighted by Crippen LogP contribution is -2.45. The van der Waals surface area contributed by atoms with Gasteiger partial charge in [0.05, 0.1) is 11.6 Å². The number of sulfonamides is 1. The van der Waals surface area contributed by atoms with Gasteiger partial charge in [-0.15, -0.1) is 0 Å². The van der Waals surface area contributed by atoms with Crippen LogP contribution in [0, 0.1) is 5.41 Å². The van der Waals surface area contributed by atoms with Gasteiger partial charge in [0.2, 0.25) is 0 Å². The van der Waals surface area contributed by atoms with E-state index in [9.17, 15) is 21.6 Å². The van der Waals surface area contributed by atoms with Crippen LogP contribution in [0.15, 0.2) is 17.3 Å². The van der Waals surface area contributed by atoms with Crippen molar-refractivity contribution in [3.05, 3.63) is 17.8 Å². The summed E-state index contributed by atoms with van der Waals surface area (Å²) in [7, 11) is -3.53. The smallest absolute Gasteiger partial charge is 0.354 e. The summed E-state index contributed by atoms with van der Waals surface area (Å²) < 4.78 is 63.0. The molecule has 1 aromatic rings. The molecule has 11 heteroatoms. The number of aromatic amines is 1. The number of amidine groups is 1. The highest BCUT2D eigenvalue weighted by atomic mass is 32.2. The average Bonchev–Trinajstić information content (AvgIpc) is 2.97. The third-order valence-corrected chi connectivity index (χ3v) is 6.92. The number of likely N-dealkylation sites (N-methyl/N-ethyl adjacent to an activating group) is 1. The van der Waals surface area contributed by atoms with Gasteiger partial charge in [0, 0.05) is 31.7 Å². The number of hydrogen-bond donors (Lipinski definition) is 2. The van der Waals surface area contributed by atoms with Gasteiger partial charge in [-0.05, 0) is 18.9 Å². The van der Waals surface area contributed by atoms with Crippen LogP contribution >= 0.6 is 0 Å². The lowest BCUT2D eigenvalue weighted by Gasteiger charge is -2.33. The van der Waals surface area contributed by atoms with E-state index in [0.717, 1.165) is 24.2 Å². The van der Waals surface area contributed by atoms with Crippen LogP contribution < -0.4 is 5.32 Å². The van der Waals surface area contributed by atoms with Crippen molar-refractivity contribution in [2.75, 3.05) is 32.1 Å². The second kappa shape index (κ2) is 5.13. The zero-order chi connectivity index (χ0) is 18.0. The molecular formula is C14H18F3N5O2S. The lowest BCUT2D eigenvalue weighted by atomic mass is 9.98. The fraction of sp³-hybridized carbons (Fsp3) is 0.643. The van der Waals surface area contributed by atoms with Gasteiger partial charge in [0.1, 0.15) is 18.3 Å². The highest BCUT2D eigenvalue weighted by Crippen LogP contribution is 2.55. The standard InChI is InChI=1S/C14H18F3N5O2S/c1-21(12-9-2-5-18-11(9)19-8-20-12)10-6-22(7-13(10)3-4-13)25(23,24)14(15,16)17/h2,5,10,18-19H,3-4,6-8H2,1H3/t10-/m0/s1. The van der Waals surface area contributed by atoms with Crippen LogP contribution in [0.2, 0.25) is 0 Å². The normalized spacial score (nSPS) is 25.4. The highest BCUT2D eigenvalue weighted by molar-refractivity contribution is 7.90. The van der Waals surface area contributed by atoms with Crippen molar-refractivity contribution < 1.29 is 21.6 Å². The number of nitrogens with zero attached hydrogens (tertiary/aromatic N) is 3. The Morgan fingerprint density at radius 2 is 2.12 bits per heavy atom. The molecule has 2 aliphatic heterocycles. The summed E-state index contributed by atoms with van der Waals surface area (Å²) in [5.41, 5.74) is -4.85. The molecule has 138 valence electrons. The van der Waals surface area contributed by atoms with Crippen LogP contribution in [0.3, 0.4) is 0 Å². The Labute approximate surface area is 142 Å². The fourth-order valence-corrected chi connectivity index (χ4v) is 4.91. The third-order valence-electron chi connectivity index (χ3n) is 5.37. The molecule has 1 aliphatic carbocycles. The molecule has 1 saturated carbocycles. The lowest BCUT2D eigenvalue weighted by molar-refractivity contribution is -0.0484. The predicted octanol–water partition coefficient (Wildman–Crippen LogP) is 1.39. The number of rotatable bonds is 2. The number of H-pyrrole nitrogens is 1. The number of fused-ring (bicyclic) bond motifs is 1. The Balaban J connectivity index is 1.62. The fourth-order valence-electron chi connectivity index (χ4n) is 3.85. The Morgan fingerprint density at radius 1 is 1.40 bits per heavy atom. The molecule has 4 rings (SSSR count). The first-order valence-electron chi connectivity index (χ1n) is 7.91. The van der Waals surface area contributed by atoms with Crippen molar-refractivity contribution in [1.29, 1.82) is 0 Å². The average molecular weight is 377 g/mol. The van der Waals surface area contributed by atoms with Gasteiger partial charge in [0.15, 0.2) is 0 Å². The Hall–Kier alpha value is -1.75. The van der Waals surface area contributed by atoms with Crippen molar-refractivity contribution in [3.8, 4) is 0 Å². The SMILES string of the molecule is CN(C1=NCNc2[nH]ccc21)[C@H]1CN(S(=O)(=O)C(F)(F)F)CC12CC2. The van der Waals surface area contributed by atoms with Crippen LogP contribution in [-0.2, 0) is 10.0 Å². The van der Waals surface area contributed by atoms with E-state index in [1.807, 2.05) is 11.0 Å². The van der Waals surface area contributed by atoms with E-state index in [2.05, 4.69) is 15.3 Å². The summed E-state index contributed by atoms with van der Waals surface area (Å²) in [5, 5.41) is 3.08. The summed E-state index contributed by atoms with van der Waals surface area (Å²) in [6.45, 7) is 0.0946. The zero-order valence-corrected chi connectivity index (χ0v) is 14.3. The van der Waals surface area contributed by atoms with Crippen LogP contribution in [0.25, 0.3) is 0 Å². The van der Waals surface area contributed by atoms with Crippen LogP contribution in [-0.4, -0.2) is 66.8 Å². The summed E-state index contributed by atoms with van der Waals surface area (Å²) in [5.74, 6) is 1.47. The Bertz CT molecular complexity index is 828. The van der Waals surface area contributed by atoms with Crippen LogP contribution in [0.5, 0.6) is 0 Å². The van der Waals surface area contributed by atoms with E-state index in [1.165, 1.54) is 0 Å². The summed E-state index contributed by atoms with van der Waals surface area (Å²) >= 11 is 0. The molecule has 7 nitrogen and oxygen atoms in total. The monoisotopic (exact) mass is 377 g/mol. The van der Waals surface area contributed by atoms with Gasteiger partial charge < -0.3 is 15.2 Å². The van der Waals surface area contributed by atoms with Crippen LogP contribution in [0.1, 0.15) is 18.4 Å². The number of alkyl halides is 3. The maximum atomic E-state index is 12.9.